The maximum absolute atomic E-state index is 12.6. The lowest BCUT2D eigenvalue weighted by atomic mass is 9.89. The molecule has 0 spiro atoms. The van der Waals surface area contributed by atoms with Gasteiger partial charge < -0.3 is 15.2 Å². The van der Waals surface area contributed by atoms with Crippen molar-refractivity contribution in [1.82, 2.24) is 9.47 Å². The van der Waals surface area contributed by atoms with Crippen molar-refractivity contribution in [3.05, 3.63) is 59.9 Å². The minimum atomic E-state index is 0.0966. The van der Waals surface area contributed by atoms with Crippen LogP contribution in [0.1, 0.15) is 22.0 Å². The standard InChI is InChI=1S/C17H21N3O/c1-19-9-5-8-16(19)17(21)20-11-14(10-18)15(12-20)13-6-3-2-4-7-13/h2-9,14-15H,10-12,18H2,1H3/t14-,15+/m1/s1. The Kier molecular flexibility index (Phi) is 3.80. The molecule has 110 valence electrons. The van der Waals surface area contributed by atoms with Crippen LogP contribution in [-0.4, -0.2) is 35.0 Å². The van der Waals surface area contributed by atoms with Gasteiger partial charge in [-0.3, -0.25) is 4.79 Å². The third-order valence-electron chi connectivity index (χ3n) is 4.42. The summed E-state index contributed by atoms with van der Waals surface area (Å²) in [6.07, 6.45) is 1.90. The Morgan fingerprint density at radius 3 is 2.57 bits per heavy atom. The van der Waals surface area contributed by atoms with Gasteiger partial charge in [-0.25, -0.2) is 0 Å². The molecule has 1 fully saturated rings. The topological polar surface area (TPSA) is 51.3 Å². The highest BCUT2D eigenvalue weighted by Gasteiger charge is 2.35. The van der Waals surface area contributed by atoms with Crippen molar-refractivity contribution < 1.29 is 4.79 Å². The number of rotatable bonds is 3. The van der Waals surface area contributed by atoms with Gasteiger partial charge in [-0.15, -0.1) is 0 Å². The SMILES string of the molecule is Cn1cccc1C(=O)N1C[C@@H](CN)[C@H](c2ccccc2)C1. The number of aromatic nitrogens is 1. The van der Waals surface area contributed by atoms with Gasteiger partial charge in [0, 0.05) is 32.3 Å². The molecule has 2 aromatic rings. The molecule has 4 nitrogen and oxygen atoms in total. The van der Waals surface area contributed by atoms with E-state index in [1.54, 1.807) is 0 Å². The van der Waals surface area contributed by atoms with Gasteiger partial charge in [0.2, 0.25) is 0 Å². The molecule has 4 heteroatoms. The number of amides is 1. The molecule has 0 aliphatic carbocycles. The minimum Gasteiger partial charge on any atom is -0.347 e. The van der Waals surface area contributed by atoms with E-state index in [-0.39, 0.29) is 5.91 Å². The van der Waals surface area contributed by atoms with Gasteiger partial charge in [0.15, 0.2) is 0 Å². The third-order valence-corrected chi connectivity index (χ3v) is 4.42. The van der Waals surface area contributed by atoms with Gasteiger partial charge >= 0.3 is 0 Å². The van der Waals surface area contributed by atoms with Crippen molar-refractivity contribution in [2.45, 2.75) is 5.92 Å². The number of hydrogen-bond acceptors (Lipinski definition) is 2. The number of benzene rings is 1. The fraction of sp³-hybridized carbons (Fsp3) is 0.353. The molecule has 1 aliphatic heterocycles. The molecule has 2 atom stereocenters. The van der Waals surface area contributed by atoms with E-state index in [2.05, 4.69) is 12.1 Å². The fourth-order valence-electron chi connectivity index (χ4n) is 3.20. The minimum absolute atomic E-state index is 0.0966. The monoisotopic (exact) mass is 283 g/mol. The van der Waals surface area contributed by atoms with Crippen LogP contribution in [0, 0.1) is 5.92 Å². The van der Waals surface area contributed by atoms with E-state index in [0.717, 1.165) is 18.8 Å². The van der Waals surface area contributed by atoms with Crippen LogP contribution in [0.15, 0.2) is 48.7 Å². The van der Waals surface area contributed by atoms with Crippen LogP contribution < -0.4 is 5.73 Å². The zero-order chi connectivity index (χ0) is 14.8. The van der Waals surface area contributed by atoms with Gasteiger partial charge in [-0.1, -0.05) is 30.3 Å². The van der Waals surface area contributed by atoms with Crippen LogP contribution in [0.4, 0.5) is 0 Å². The summed E-state index contributed by atoms with van der Waals surface area (Å²) in [7, 11) is 1.90. The molecule has 0 bridgehead atoms. The zero-order valence-corrected chi connectivity index (χ0v) is 12.3. The highest BCUT2D eigenvalue weighted by molar-refractivity contribution is 5.93. The lowest BCUT2D eigenvalue weighted by Crippen LogP contribution is -2.31. The second-order valence-electron chi connectivity index (χ2n) is 5.73. The van der Waals surface area contributed by atoms with Crippen molar-refractivity contribution in [1.29, 1.82) is 0 Å². The maximum atomic E-state index is 12.6. The van der Waals surface area contributed by atoms with Crippen molar-refractivity contribution in [2.24, 2.45) is 18.7 Å². The number of likely N-dealkylation sites (tertiary alicyclic amines) is 1. The predicted octanol–water partition coefficient (Wildman–Crippen LogP) is 1.84. The average Bonchev–Trinajstić information content (AvgIpc) is 3.13. The molecule has 0 unspecified atom stereocenters. The van der Waals surface area contributed by atoms with Crippen LogP contribution in [0.2, 0.25) is 0 Å². The summed E-state index contributed by atoms with van der Waals surface area (Å²) < 4.78 is 1.87. The molecule has 0 radical (unpaired) electrons. The Morgan fingerprint density at radius 2 is 1.95 bits per heavy atom. The second-order valence-corrected chi connectivity index (χ2v) is 5.73. The average molecular weight is 283 g/mol. The summed E-state index contributed by atoms with van der Waals surface area (Å²) >= 11 is 0. The van der Waals surface area contributed by atoms with Crippen LogP contribution in [0.5, 0.6) is 0 Å². The van der Waals surface area contributed by atoms with Gasteiger partial charge in [0.25, 0.3) is 5.91 Å². The summed E-state index contributed by atoms with van der Waals surface area (Å²) in [5.41, 5.74) is 7.94. The number of hydrogen-bond donors (Lipinski definition) is 1. The highest BCUT2D eigenvalue weighted by atomic mass is 16.2. The molecular weight excluding hydrogens is 262 g/mol. The highest BCUT2D eigenvalue weighted by Crippen LogP contribution is 2.32. The molecule has 21 heavy (non-hydrogen) atoms. The molecule has 0 saturated carbocycles. The number of nitrogens with two attached hydrogens (primary N) is 1. The maximum Gasteiger partial charge on any atom is 0.270 e. The molecular formula is C17H21N3O. The number of aryl methyl sites for hydroxylation is 1. The van der Waals surface area contributed by atoms with Crippen LogP contribution >= 0.6 is 0 Å². The van der Waals surface area contributed by atoms with Crippen molar-refractivity contribution >= 4 is 5.91 Å². The zero-order valence-electron chi connectivity index (χ0n) is 12.3. The predicted molar refractivity (Wildman–Crippen MR) is 83.0 cm³/mol. The molecule has 1 aromatic carbocycles. The van der Waals surface area contributed by atoms with Crippen molar-refractivity contribution in [3.8, 4) is 0 Å². The molecule has 1 aromatic heterocycles. The lowest BCUT2D eigenvalue weighted by Gasteiger charge is -2.17. The Bertz CT molecular complexity index is 620. The number of carbonyl (C=O) groups is 1. The van der Waals surface area contributed by atoms with E-state index in [1.807, 2.05) is 53.0 Å². The van der Waals surface area contributed by atoms with Crippen LogP contribution in [0.3, 0.4) is 0 Å². The normalized spacial score (nSPS) is 21.7. The first-order valence-corrected chi connectivity index (χ1v) is 7.36. The Hall–Kier alpha value is -2.07. The molecule has 1 aliphatic rings. The molecule has 1 amide bonds. The summed E-state index contributed by atoms with van der Waals surface area (Å²) in [5.74, 6) is 0.761. The van der Waals surface area contributed by atoms with Crippen molar-refractivity contribution in [3.63, 3.8) is 0 Å². The Labute approximate surface area is 125 Å². The fourth-order valence-corrected chi connectivity index (χ4v) is 3.20. The van der Waals surface area contributed by atoms with E-state index in [0.29, 0.717) is 18.4 Å². The molecule has 2 heterocycles. The van der Waals surface area contributed by atoms with Gasteiger partial charge in [0.1, 0.15) is 5.69 Å². The second kappa shape index (κ2) is 5.74. The smallest absolute Gasteiger partial charge is 0.270 e. The van der Waals surface area contributed by atoms with Crippen molar-refractivity contribution in [2.75, 3.05) is 19.6 Å². The largest absolute Gasteiger partial charge is 0.347 e. The first-order valence-electron chi connectivity index (χ1n) is 7.36. The Balaban J connectivity index is 1.81. The van der Waals surface area contributed by atoms with E-state index >= 15 is 0 Å². The van der Waals surface area contributed by atoms with E-state index in [4.69, 9.17) is 5.73 Å². The quantitative estimate of drug-likeness (QED) is 0.934. The summed E-state index contributed by atoms with van der Waals surface area (Å²) in [5, 5.41) is 0. The number of carbonyl (C=O) groups excluding carboxylic acids is 1. The Morgan fingerprint density at radius 1 is 1.19 bits per heavy atom. The summed E-state index contributed by atoms with van der Waals surface area (Å²) in [4.78, 5) is 14.6. The van der Waals surface area contributed by atoms with E-state index in [9.17, 15) is 4.79 Å². The number of nitrogens with zero attached hydrogens (tertiary/aromatic N) is 2. The summed E-state index contributed by atoms with van der Waals surface area (Å²) in [6, 6.07) is 14.1. The van der Waals surface area contributed by atoms with Gasteiger partial charge in [-0.05, 0) is 30.2 Å². The van der Waals surface area contributed by atoms with Gasteiger partial charge in [0.05, 0.1) is 0 Å². The van der Waals surface area contributed by atoms with E-state index in [1.165, 1.54) is 5.56 Å². The first-order chi connectivity index (χ1) is 10.2. The molecule has 3 rings (SSSR count). The molecule has 2 N–H and O–H groups in total. The van der Waals surface area contributed by atoms with Gasteiger partial charge in [-0.2, -0.15) is 0 Å². The third kappa shape index (κ3) is 2.59. The summed E-state index contributed by atoms with van der Waals surface area (Å²) in [6.45, 7) is 2.09. The van der Waals surface area contributed by atoms with E-state index < -0.39 is 0 Å². The van der Waals surface area contributed by atoms with Crippen LogP contribution in [0.25, 0.3) is 0 Å². The first kappa shape index (κ1) is 13.9. The molecule has 1 saturated heterocycles. The van der Waals surface area contributed by atoms with Crippen LogP contribution in [-0.2, 0) is 7.05 Å². The lowest BCUT2D eigenvalue weighted by molar-refractivity contribution is 0.0777.